The molecule has 4 unspecified atom stereocenters. The molecule has 3 fully saturated rings. The summed E-state index contributed by atoms with van der Waals surface area (Å²) in [6, 6.07) is 0. The third-order valence-corrected chi connectivity index (χ3v) is 9.01. The molecule has 0 radical (unpaired) electrons. The van der Waals surface area contributed by atoms with Crippen LogP contribution in [0.2, 0.25) is 0 Å². The van der Waals surface area contributed by atoms with Crippen LogP contribution in [0.5, 0.6) is 0 Å². The Morgan fingerprint density at radius 1 is 1.12 bits per heavy atom. The molecule has 0 saturated heterocycles. The molecular weight excluding hydrogens is 296 g/mol. The zero-order valence-corrected chi connectivity index (χ0v) is 15.6. The van der Waals surface area contributed by atoms with Crippen molar-refractivity contribution in [1.29, 1.82) is 0 Å². The van der Waals surface area contributed by atoms with Crippen molar-refractivity contribution in [2.24, 2.45) is 40.4 Å². The second-order valence-corrected chi connectivity index (χ2v) is 9.85. The highest BCUT2D eigenvalue weighted by molar-refractivity contribution is 5.53. The summed E-state index contributed by atoms with van der Waals surface area (Å²) >= 11 is 0. The lowest BCUT2D eigenvalue weighted by Gasteiger charge is -2.58. The number of aliphatic hydroxyl groups excluding tert-OH is 1. The predicted molar refractivity (Wildman–Crippen MR) is 96.4 cm³/mol. The Morgan fingerprint density at radius 2 is 1.92 bits per heavy atom. The van der Waals surface area contributed by atoms with Gasteiger partial charge in [0.25, 0.3) is 0 Å². The quantitative estimate of drug-likeness (QED) is 0.585. The standard InChI is InChI=1S/C22H34O2/c1-14(13-23)18-6-7-19-17-5-4-15-12-16(24)8-10-21(15,2)20(17)9-11-22(18,19)3/h12-14,16-20,24H,4-11H2,1-3H3/t14-,16?,17?,18-,19?,20?,21+,22-/m1/s1. The second kappa shape index (κ2) is 5.69. The van der Waals surface area contributed by atoms with Crippen molar-refractivity contribution in [2.75, 3.05) is 0 Å². The van der Waals surface area contributed by atoms with Crippen LogP contribution in [0.4, 0.5) is 0 Å². The van der Waals surface area contributed by atoms with E-state index in [4.69, 9.17) is 0 Å². The van der Waals surface area contributed by atoms with Gasteiger partial charge >= 0.3 is 0 Å². The van der Waals surface area contributed by atoms with Crippen molar-refractivity contribution in [2.45, 2.75) is 78.2 Å². The Kier molecular flexibility index (Phi) is 3.99. The molecule has 3 saturated carbocycles. The Balaban J connectivity index is 1.63. The molecule has 2 heteroatoms. The van der Waals surface area contributed by atoms with E-state index in [0.29, 0.717) is 16.7 Å². The number of hydrogen-bond acceptors (Lipinski definition) is 2. The zero-order chi connectivity index (χ0) is 17.1. The maximum atomic E-state index is 11.4. The van der Waals surface area contributed by atoms with Gasteiger partial charge < -0.3 is 9.90 Å². The monoisotopic (exact) mass is 330 g/mol. The number of aliphatic hydroxyl groups is 1. The molecule has 24 heavy (non-hydrogen) atoms. The fourth-order valence-electron chi connectivity index (χ4n) is 7.71. The molecule has 1 N–H and O–H groups in total. The number of hydrogen-bond donors (Lipinski definition) is 1. The molecule has 0 bridgehead atoms. The Labute approximate surface area is 147 Å². The SMILES string of the molecule is C[C@H](C=O)[C@H]1CCC2C3CCC4=CC(O)CC[C@]4(C)C3CC[C@@]21C. The smallest absolute Gasteiger partial charge is 0.123 e. The van der Waals surface area contributed by atoms with Crippen molar-refractivity contribution in [3.05, 3.63) is 11.6 Å². The minimum atomic E-state index is -0.206. The minimum absolute atomic E-state index is 0.206. The van der Waals surface area contributed by atoms with Gasteiger partial charge in [-0.3, -0.25) is 0 Å². The van der Waals surface area contributed by atoms with Crippen LogP contribution >= 0.6 is 0 Å². The molecule has 0 amide bonds. The Morgan fingerprint density at radius 3 is 2.67 bits per heavy atom. The van der Waals surface area contributed by atoms with Crippen LogP contribution in [0.15, 0.2) is 11.6 Å². The third kappa shape index (κ3) is 2.21. The molecule has 0 aromatic rings. The van der Waals surface area contributed by atoms with Crippen molar-refractivity contribution >= 4 is 6.29 Å². The molecule has 0 heterocycles. The molecule has 0 aliphatic heterocycles. The lowest BCUT2D eigenvalue weighted by atomic mass is 9.46. The second-order valence-electron chi connectivity index (χ2n) is 9.85. The maximum Gasteiger partial charge on any atom is 0.123 e. The number of carbonyl (C=O) groups excluding carboxylic acids is 1. The Hall–Kier alpha value is -0.630. The summed E-state index contributed by atoms with van der Waals surface area (Å²) in [5.41, 5.74) is 2.27. The summed E-state index contributed by atoms with van der Waals surface area (Å²) in [6.45, 7) is 7.14. The number of fused-ring (bicyclic) bond motifs is 5. The lowest BCUT2D eigenvalue weighted by Crippen LogP contribution is -2.51. The third-order valence-electron chi connectivity index (χ3n) is 9.01. The molecule has 2 nitrogen and oxygen atoms in total. The van der Waals surface area contributed by atoms with Gasteiger partial charge in [-0.1, -0.05) is 32.4 Å². The van der Waals surface area contributed by atoms with Gasteiger partial charge in [0.15, 0.2) is 0 Å². The first-order chi connectivity index (χ1) is 11.4. The van der Waals surface area contributed by atoms with Crippen LogP contribution in [0.25, 0.3) is 0 Å². The van der Waals surface area contributed by atoms with Gasteiger partial charge in [-0.15, -0.1) is 0 Å². The van der Waals surface area contributed by atoms with E-state index in [1.807, 2.05) is 0 Å². The molecule has 4 aliphatic carbocycles. The fourth-order valence-corrected chi connectivity index (χ4v) is 7.71. The molecule has 8 atom stereocenters. The average molecular weight is 331 g/mol. The van der Waals surface area contributed by atoms with Gasteiger partial charge in [-0.05, 0) is 85.9 Å². The van der Waals surface area contributed by atoms with Crippen LogP contribution in [0.3, 0.4) is 0 Å². The van der Waals surface area contributed by atoms with E-state index in [-0.39, 0.29) is 12.0 Å². The van der Waals surface area contributed by atoms with E-state index in [1.165, 1.54) is 51.2 Å². The van der Waals surface area contributed by atoms with Crippen molar-refractivity contribution in [3.8, 4) is 0 Å². The van der Waals surface area contributed by atoms with Crippen molar-refractivity contribution < 1.29 is 9.90 Å². The highest BCUT2D eigenvalue weighted by atomic mass is 16.3. The summed E-state index contributed by atoms with van der Waals surface area (Å²) in [5.74, 6) is 3.27. The number of rotatable bonds is 2. The van der Waals surface area contributed by atoms with Crippen molar-refractivity contribution in [3.63, 3.8) is 0 Å². The number of aldehydes is 1. The van der Waals surface area contributed by atoms with Gasteiger partial charge in [0.2, 0.25) is 0 Å². The van der Waals surface area contributed by atoms with Crippen LogP contribution in [-0.2, 0) is 4.79 Å². The van der Waals surface area contributed by atoms with Gasteiger partial charge in [0.1, 0.15) is 6.29 Å². The summed E-state index contributed by atoms with van der Waals surface area (Å²) in [6.07, 6.45) is 13.0. The van der Waals surface area contributed by atoms with E-state index in [2.05, 4.69) is 26.8 Å². The van der Waals surface area contributed by atoms with Gasteiger partial charge in [0.05, 0.1) is 6.10 Å². The zero-order valence-electron chi connectivity index (χ0n) is 15.6. The topological polar surface area (TPSA) is 37.3 Å². The van der Waals surface area contributed by atoms with E-state index in [9.17, 15) is 9.90 Å². The maximum absolute atomic E-state index is 11.4. The highest BCUT2D eigenvalue weighted by Gasteiger charge is 2.59. The molecule has 0 aromatic heterocycles. The summed E-state index contributed by atoms with van der Waals surface area (Å²) < 4.78 is 0. The molecular formula is C22H34O2. The largest absolute Gasteiger partial charge is 0.389 e. The van der Waals surface area contributed by atoms with Crippen molar-refractivity contribution in [1.82, 2.24) is 0 Å². The summed E-state index contributed by atoms with van der Waals surface area (Å²) in [7, 11) is 0. The predicted octanol–water partition coefficient (Wildman–Crippen LogP) is 4.76. The summed E-state index contributed by atoms with van der Waals surface area (Å²) in [5, 5.41) is 10.1. The van der Waals surface area contributed by atoms with E-state index in [1.54, 1.807) is 5.57 Å². The van der Waals surface area contributed by atoms with Crippen LogP contribution in [-0.4, -0.2) is 17.5 Å². The van der Waals surface area contributed by atoms with Crippen LogP contribution in [0, 0.1) is 40.4 Å². The molecule has 134 valence electrons. The Bertz CT molecular complexity index is 552. The first-order valence-corrected chi connectivity index (χ1v) is 10.2. The molecule has 0 spiro atoms. The molecule has 4 rings (SSSR count). The average Bonchev–Trinajstić information content (AvgIpc) is 2.92. The first kappa shape index (κ1) is 16.8. The number of carbonyl (C=O) groups is 1. The van der Waals surface area contributed by atoms with E-state index in [0.717, 1.165) is 24.2 Å². The van der Waals surface area contributed by atoms with Gasteiger partial charge in [0, 0.05) is 5.92 Å². The number of allylic oxidation sites excluding steroid dienone is 1. The van der Waals surface area contributed by atoms with Gasteiger partial charge in [-0.2, -0.15) is 0 Å². The first-order valence-electron chi connectivity index (χ1n) is 10.2. The van der Waals surface area contributed by atoms with Crippen LogP contribution in [0.1, 0.15) is 72.1 Å². The van der Waals surface area contributed by atoms with Crippen LogP contribution < -0.4 is 0 Å². The lowest BCUT2D eigenvalue weighted by molar-refractivity contribution is -0.115. The van der Waals surface area contributed by atoms with E-state index >= 15 is 0 Å². The van der Waals surface area contributed by atoms with E-state index < -0.39 is 0 Å². The van der Waals surface area contributed by atoms with Gasteiger partial charge in [-0.25, -0.2) is 0 Å². The fraction of sp³-hybridized carbons (Fsp3) is 0.864. The summed E-state index contributed by atoms with van der Waals surface area (Å²) in [4.78, 5) is 11.4. The minimum Gasteiger partial charge on any atom is -0.389 e. The molecule has 0 aromatic carbocycles. The highest BCUT2D eigenvalue weighted by Crippen LogP contribution is 2.67. The normalized spacial score (nSPS) is 51.8. The molecule has 4 aliphatic rings.